The first-order valence-corrected chi connectivity index (χ1v) is 9.46. The van der Waals surface area contributed by atoms with Crippen LogP contribution >= 0.6 is 0 Å². The van der Waals surface area contributed by atoms with Crippen molar-refractivity contribution in [2.75, 3.05) is 6.61 Å². The molecule has 0 aliphatic rings. The lowest BCUT2D eigenvalue weighted by molar-refractivity contribution is 0.340. The van der Waals surface area contributed by atoms with Gasteiger partial charge in [0.1, 0.15) is 5.75 Å². The van der Waals surface area contributed by atoms with Crippen molar-refractivity contribution in [1.82, 2.24) is 23.1 Å². The molecule has 0 aliphatic heterocycles. The first-order valence-electron chi connectivity index (χ1n) is 9.46. The average Bonchev–Trinajstić information content (AvgIpc) is 3.22. The summed E-state index contributed by atoms with van der Waals surface area (Å²) in [6, 6.07) is 7.24. The molecule has 8 nitrogen and oxygen atoms in total. The second kappa shape index (κ2) is 6.80. The molecular formula is C21H23N5O3. The molecule has 0 N–H and O–H groups in total. The molecule has 150 valence electrons. The molecule has 0 bridgehead atoms. The Kier molecular flexibility index (Phi) is 4.41. The molecule has 0 fully saturated rings. The Morgan fingerprint density at radius 1 is 1.24 bits per heavy atom. The highest BCUT2D eigenvalue weighted by molar-refractivity contribution is 5.76. The van der Waals surface area contributed by atoms with E-state index in [0.29, 0.717) is 23.5 Å². The molecule has 1 aromatic carbocycles. The molecule has 0 unspecified atom stereocenters. The van der Waals surface area contributed by atoms with Crippen LogP contribution in [0.1, 0.15) is 25.6 Å². The summed E-state index contributed by atoms with van der Waals surface area (Å²) in [6.45, 7) is 9.96. The Hall–Kier alpha value is -3.55. The topological polar surface area (TPSA) is 75.5 Å². The number of benzene rings is 1. The van der Waals surface area contributed by atoms with Gasteiger partial charge in [-0.25, -0.2) is 4.79 Å². The summed E-state index contributed by atoms with van der Waals surface area (Å²) in [5, 5.41) is 0. The van der Waals surface area contributed by atoms with E-state index in [1.807, 2.05) is 48.9 Å². The van der Waals surface area contributed by atoms with Crippen LogP contribution < -0.4 is 16.0 Å². The van der Waals surface area contributed by atoms with Crippen LogP contribution in [0.5, 0.6) is 5.75 Å². The summed E-state index contributed by atoms with van der Waals surface area (Å²) in [4.78, 5) is 30.5. The van der Waals surface area contributed by atoms with Gasteiger partial charge in [0.25, 0.3) is 5.56 Å². The van der Waals surface area contributed by atoms with E-state index >= 15 is 0 Å². The van der Waals surface area contributed by atoms with Gasteiger partial charge in [-0.3, -0.25) is 22.9 Å². The van der Waals surface area contributed by atoms with Gasteiger partial charge in [-0.1, -0.05) is 6.08 Å². The van der Waals surface area contributed by atoms with Crippen molar-refractivity contribution >= 4 is 16.9 Å². The molecule has 3 heterocycles. The minimum atomic E-state index is -0.426. The van der Waals surface area contributed by atoms with E-state index in [-0.39, 0.29) is 5.56 Å². The molecule has 0 spiro atoms. The van der Waals surface area contributed by atoms with Gasteiger partial charge in [0, 0.05) is 24.6 Å². The number of hydrogen-bond donors (Lipinski definition) is 0. The highest BCUT2D eigenvalue weighted by Gasteiger charge is 2.22. The van der Waals surface area contributed by atoms with Crippen LogP contribution in [0.3, 0.4) is 0 Å². The maximum Gasteiger partial charge on any atom is 0.333 e. The van der Waals surface area contributed by atoms with Crippen LogP contribution in [0, 0.1) is 6.92 Å². The van der Waals surface area contributed by atoms with Crippen molar-refractivity contribution in [3.8, 4) is 11.4 Å². The third-order valence-corrected chi connectivity index (χ3v) is 5.13. The minimum Gasteiger partial charge on any atom is -0.494 e. The molecule has 4 rings (SSSR count). The van der Waals surface area contributed by atoms with Gasteiger partial charge in [0.15, 0.2) is 11.2 Å². The third-order valence-electron chi connectivity index (χ3n) is 5.13. The number of imidazole rings is 2. The quantitative estimate of drug-likeness (QED) is 0.489. The first-order chi connectivity index (χ1) is 13.9. The summed E-state index contributed by atoms with van der Waals surface area (Å²) in [5.74, 6) is 1.35. The van der Waals surface area contributed by atoms with Crippen molar-refractivity contribution in [2.24, 2.45) is 7.05 Å². The monoisotopic (exact) mass is 393 g/mol. The Labute approximate surface area is 166 Å². The lowest BCUT2D eigenvalue weighted by atomic mass is 10.3. The van der Waals surface area contributed by atoms with Gasteiger partial charge in [0.05, 0.1) is 12.6 Å². The van der Waals surface area contributed by atoms with Crippen LogP contribution in [0.2, 0.25) is 0 Å². The number of allylic oxidation sites excluding steroid dienone is 1. The maximum absolute atomic E-state index is 13.2. The predicted octanol–water partition coefficient (Wildman–Crippen LogP) is 2.59. The number of nitrogens with zero attached hydrogens (tertiary/aromatic N) is 5. The van der Waals surface area contributed by atoms with Crippen molar-refractivity contribution < 1.29 is 4.74 Å². The van der Waals surface area contributed by atoms with Crippen LogP contribution in [-0.4, -0.2) is 29.7 Å². The fourth-order valence-electron chi connectivity index (χ4n) is 3.62. The molecule has 4 aromatic rings. The molecule has 3 aromatic heterocycles. The average molecular weight is 393 g/mol. The number of rotatable bonds is 5. The van der Waals surface area contributed by atoms with Gasteiger partial charge < -0.3 is 4.74 Å². The largest absolute Gasteiger partial charge is 0.494 e. The highest BCUT2D eigenvalue weighted by atomic mass is 16.5. The van der Waals surface area contributed by atoms with Gasteiger partial charge in [-0.05, 0) is 45.0 Å². The predicted molar refractivity (Wildman–Crippen MR) is 112 cm³/mol. The summed E-state index contributed by atoms with van der Waals surface area (Å²) in [7, 11) is 1.62. The molecule has 0 aliphatic carbocycles. The van der Waals surface area contributed by atoms with E-state index in [0.717, 1.165) is 17.1 Å². The number of hydrogen-bond acceptors (Lipinski definition) is 4. The first kappa shape index (κ1) is 18.8. The lowest BCUT2D eigenvalue weighted by Crippen LogP contribution is -2.40. The van der Waals surface area contributed by atoms with Gasteiger partial charge in [-0.2, -0.15) is 4.98 Å². The Balaban J connectivity index is 2.04. The molecule has 29 heavy (non-hydrogen) atoms. The normalized spacial score (nSPS) is 12.6. The highest BCUT2D eigenvalue weighted by Crippen LogP contribution is 2.23. The molecule has 0 amide bonds. The summed E-state index contributed by atoms with van der Waals surface area (Å²) < 4.78 is 11.8. The summed E-state index contributed by atoms with van der Waals surface area (Å²) >= 11 is 0. The SMILES string of the molecule is C=C[C@@H](C)n1c(=O)c2c(nc3n(-c4ccc(OCC)cc4)c(C)cn23)n(C)c1=O. The van der Waals surface area contributed by atoms with E-state index in [4.69, 9.17) is 4.74 Å². The zero-order valence-corrected chi connectivity index (χ0v) is 16.9. The second-order valence-electron chi connectivity index (χ2n) is 6.98. The minimum absolute atomic E-state index is 0.349. The Morgan fingerprint density at radius 2 is 1.93 bits per heavy atom. The van der Waals surface area contributed by atoms with Gasteiger partial charge >= 0.3 is 5.69 Å². The molecule has 8 heteroatoms. The van der Waals surface area contributed by atoms with Gasteiger partial charge in [0.2, 0.25) is 5.78 Å². The van der Waals surface area contributed by atoms with Crippen LogP contribution in [0.4, 0.5) is 0 Å². The number of fused-ring (bicyclic) bond motifs is 3. The second-order valence-corrected chi connectivity index (χ2v) is 6.98. The van der Waals surface area contributed by atoms with Crippen LogP contribution in [0.15, 0.2) is 52.7 Å². The Morgan fingerprint density at radius 3 is 2.55 bits per heavy atom. The smallest absolute Gasteiger partial charge is 0.333 e. The van der Waals surface area contributed by atoms with Crippen LogP contribution in [-0.2, 0) is 7.05 Å². The Bertz CT molecular complexity index is 1350. The standard InChI is InChI=1S/C21H23N5O3/c1-6-13(3)26-19(27)17-18(23(5)21(26)28)22-20-24(17)12-14(4)25(20)15-8-10-16(11-9-15)29-7-2/h6,8-13H,1,7H2,2-5H3/t13-/m1/s1. The van der Waals surface area contributed by atoms with Crippen molar-refractivity contribution in [3.63, 3.8) is 0 Å². The number of aromatic nitrogens is 5. The number of ether oxygens (including phenoxy) is 1. The van der Waals surface area contributed by atoms with E-state index in [9.17, 15) is 9.59 Å². The zero-order valence-electron chi connectivity index (χ0n) is 16.9. The molecule has 0 saturated carbocycles. The third kappa shape index (κ3) is 2.71. The van der Waals surface area contributed by atoms with E-state index in [2.05, 4.69) is 11.6 Å². The summed E-state index contributed by atoms with van der Waals surface area (Å²) in [5.41, 5.74) is 1.72. The van der Waals surface area contributed by atoms with Crippen molar-refractivity contribution in [3.05, 3.63) is 69.6 Å². The van der Waals surface area contributed by atoms with Crippen LogP contribution in [0.25, 0.3) is 22.6 Å². The molecular weight excluding hydrogens is 370 g/mol. The van der Waals surface area contributed by atoms with E-state index < -0.39 is 11.7 Å². The fourth-order valence-corrected chi connectivity index (χ4v) is 3.62. The fraction of sp³-hybridized carbons (Fsp3) is 0.286. The van der Waals surface area contributed by atoms with E-state index in [1.54, 1.807) is 24.4 Å². The van der Waals surface area contributed by atoms with Gasteiger partial charge in [-0.15, -0.1) is 6.58 Å². The number of aryl methyl sites for hydroxylation is 2. The zero-order chi connectivity index (χ0) is 20.9. The molecule has 1 atom stereocenters. The summed E-state index contributed by atoms with van der Waals surface area (Å²) in [6.07, 6.45) is 3.43. The maximum atomic E-state index is 13.2. The molecule has 0 radical (unpaired) electrons. The molecule has 0 saturated heterocycles. The van der Waals surface area contributed by atoms with Crippen molar-refractivity contribution in [2.45, 2.75) is 26.8 Å². The van der Waals surface area contributed by atoms with E-state index in [1.165, 1.54) is 9.13 Å². The van der Waals surface area contributed by atoms with Crippen molar-refractivity contribution in [1.29, 1.82) is 0 Å². The lowest BCUT2D eigenvalue weighted by Gasteiger charge is -2.11.